The number of amides is 2. The van der Waals surface area contributed by atoms with E-state index in [0.29, 0.717) is 17.5 Å². The second kappa shape index (κ2) is 8.15. The maximum absolute atomic E-state index is 12.4. The number of rotatable bonds is 6. The number of hydrazone groups is 1. The van der Waals surface area contributed by atoms with Gasteiger partial charge in [-0.05, 0) is 6.42 Å². The normalized spacial score (nSPS) is 15.7. The average Bonchev–Trinajstić information content (AvgIpc) is 3.38. The minimum Gasteiger partial charge on any atom is -0.294 e. The Labute approximate surface area is 170 Å². The van der Waals surface area contributed by atoms with Crippen LogP contribution >= 0.6 is 23.1 Å². The summed E-state index contributed by atoms with van der Waals surface area (Å²) in [4.78, 5) is 31.3. The number of benzene rings is 1. The summed E-state index contributed by atoms with van der Waals surface area (Å²) in [7, 11) is 0. The molecule has 4 rings (SSSR count). The van der Waals surface area contributed by atoms with Crippen molar-refractivity contribution in [2.45, 2.75) is 19.8 Å². The molecule has 1 aliphatic heterocycles. The minimum absolute atomic E-state index is 0.0336. The van der Waals surface area contributed by atoms with E-state index in [1.807, 2.05) is 53.2 Å². The largest absolute Gasteiger partial charge is 0.294 e. The summed E-state index contributed by atoms with van der Waals surface area (Å²) >= 11 is 2.85. The topological polar surface area (TPSA) is 79.1 Å². The summed E-state index contributed by atoms with van der Waals surface area (Å²) < 4.78 is 1.94. The monoisotopic (exact) mass is 413 g/mol. The van der Waals surface area contributed by atoms with Crippen LogP contribution < -0.4 is 5.43 Å². The fourth-order valence-corrected chi connectivity index (χ4v) is 4.68. The zero-order chi connectivity index (χ0) is 19.5. The van der Waals surface area contributed by atoms with Gasteiger partial charge in [0, 0.05) is 29.4 Å². The van der Waals surface area contributed by atoms with Crippen LogP contribution in [0.3, 0.4) is 0 Å². The molecule has 0 saturated carbocycles. The predicted molar refractivity (Wildman–Crippen MR) is 112 cm³/mol. The van der Waals surface area contributed by atoms with Crippen LogP contribution in [0.5, 0.6) is 0 Å². The van der Waals surface area contributed by atoms with Crippen molar-refractivity contribution in [3.63, 3.8) is 0 Å². The van der Waals surface area contributed by atoms with Gasteiger partial charge < -0.3 is 0 Å². The number of aromatic nitrogens is 2. The molecule has 7 nitrogen and oxygen atoms in total. The van der Waals surface area contributed by atoms with Crippen molar-refractivity contribution in [2.75, 3.05) is 12.3 Å². The molecule has 3 heterocycles. The first kappa shape index (κ1) is 18.7. The van der Waals surface area contributed by atoms with E-state index >= 15 is 0 Å². The highest BCUT2D eigenvalue weighted by molar-refractivity contribution is 8.15. The van der Waals surface area contributed by atoms with Crippen LogP contribution in [-0.2, 0) is 16.0 Å². The van der Waals surface area contributed by atoms with Gasteiger partial charge in [0.1, 0.15) is 0 Å². The summed E-state index contributed by atoms with van der Waals surface area (Å²) in [5.74, 6) is 0.182. The van der Waals surface area contributed by atoms with E-state index in [4.69, 9.17) is 0 Å². The molecule has 9 heteroatoms. The molecule has 0 unspecified atom stereocenters. The standard InChI is InChI=1S/C19H19N5O2S2/c1-2-8-23-17(26)12-28-19(23)22-21-16(25)9-14-11-27-18-20-15(10-24(14)18)13-6-4-3-5-7-13/h3-7,10-11H,2,8-9,12H2,1H3,(H,21,25)/b22-19-. The lowest BCUT2D eigenvalue weighted by Gasteiger charge is -2.14. The maximum atomic E-state index is 12.4. The van der Waals surface area contributed by atoms with Gasteiger partial charge in [-0.1, -0.05) is 49.0 Å². The summed E-state index contributed by atoms with van der Waals surface area (Å²) in [5, 5.41) is 6.64. The fraction of sp³-hybridized carbons (Fsp3) is 0.263. The zero-order valence-electron chi connectivity index (χ0n) is 15.3. The fourth-order valence-electron chi connectivity index (χ4n) is 2.94. The van der Waals surface area contributed by atoms with Crippen LogP contribution in [-0.4, -0.2) is 43.6 Å². The SMILES string of the molecule is CCCN1C(=O)CS/C1=N\NC(=O)Cc1csc2nc(-c3ccccc3)cn12. The Bertz CT molecular complexity index is 1040. The van der Waals surface area contributed by atoms with Gasteiger partial charge in [-0.25, -0.2) is 10.4 Å². The van der Waals surface area contributed by atoms with Crippen molar-refractivity contribution in [1.82, 2.24) is 19.7 Å². The number of nitrogens with one attached hydrogen (secondary N) is 1. The molecular formula is C19H19N5O2S2. The Morgan fingerprint density at radius 3 is 2.93 bits per heavy atom. The third kappa shape index (κ3) is 3.81. The van der Waals surface area contributed by atoms with Gasteiger partial charge in [-0.2, -0.15) is 0 Å². The van der Waals surface area contributed by atoms with Crippen molar-refractivity contribution < 1.29 is 9.59 Å². The van der Waals surface area contributed by atoms with Crippen LogP contribution in [0, 0.1) is 0 Å². The lowest BCUT2D eigenvalue weighted by Crippen LogP contribution is -2.32. The Balaban J connectivity index is 1.46. The molecule has 0 radical (unpaired) electrons. The molecule has 1 N–H and O–H groups in total. The van der Waals surface area contributed by atoms with E-state index in [1.165, 1.54) is 23.1 Å². The number of imidazole rings is 1. The van der Waals surface area contributed by atoms with Gasteiger partial charge in [-0.15, -0.1) is 16.4 Å². The van der Waals surface area contributed by atoms with E-state index < -0.39 is 0 Å². The molecule has 1 aliphatic rings. The summed E-state index contributed by atoms with van der Waals surface area (Å²) in [6, 6.07) is 9.94. The first-order chi connectivity index (χ1) is 13.7. The molecule has 1 saturated heterocycles. The third-order valence-corrected chi connectivity index (χ3v) is 6.12. The molecule has 0 aliphatic carbocycles. The Hall–Kier alpha value is -2.65. The molecule has 0 atom stereocenters. The second-order valence-electron chi connectivity index (χ2n) is 6.31. The molecule has 0 spiro atoms. The zero-order valence-corrected chi connectivity index (χ0v) is 16.9. The van der Waals surface area contributed by atoms with Gasteiger partial charge in [-0.3, -0.25) is 18.9 Å². The first-order valence-corrected chi connectivity index (χ1v) is 10.8. The van der Waals surface area contributed by atoms with Crippen molar-refractivity contribution >= 4 is 45.0 Å². The minimum atomic E-state index is -0.224. The molecule has 2 aromatic heterocycles. The highest BCUT2D eigenvalue weighted by atomic mass is 32.2. The van der Waals surface area contributed by atoms with E-state index in [1.54, 1.807) is 4.90 Å². The van der Waals surface area contributed by atoms with Crippen molar-refractivity contribution in [2.24, 2.45) is 5.10 Å². The van der Waals surface area contributed by atoms with E-state index in [9.17, 15) is 9.59 Å². The highest BCUT2D eigenvalue weighted by Gasteiger charge is 2.27. The van der Waals surface area contributed by atoms with Crippen LogP contribution in [0.15, 0.2) is 47.0 Å². The molecular weight excluding hydrogens is 394 g/mol. The number of nitrogens with zero attached hydrogens (tertiary/aromatic N) is 4. The van der Waals surface area contributed by atoms with Gasteiger partial charge in [0.2, 0.25) is 11.8 Å². The summed E-state index contributed by atoms with van der Waals surface area (Å²) in [5.41, 5.74) is 5.36. The molecule has 1 aromatic carbocycles. The lowest BCUT2D eigenvalue weighted by molar-refractivity contribution is -0.124. The van der Waals surface area contributed by atoms with Crippen molar-refractivity contribution in [3.05, 3.63) is 47.6 Å². The van der Waals surface area contributed by atoms with Gasteiger partial charge in [0.15, 0.2) is 10.1 Å². The van der Waals surface area contributed by atoms with E-state index in [0.717, 1.165) is 28.3 Å². The third-order valence-electron chi connectivity index (χ3n) is 4.27. The van der Waals surface area contributed by atoms with Crippen LogP contribution in [0.25, 0.3) is 16.2 Å². The number of fused-ring (bicyclic) bond motifs is 1. The molecule has 28 heavy (non-hydrogen) atoms. The van der Waals surface area contributed by atoms with Gasteiger partial charge >= 0.3 is 0 Å². The average molecular weight is 414 g/mol. The number of thiazole rings is 1. The Morgan fingerprint density at radius 1 is 1.32 bits per heavy atom. The number of amidine groups is 1. The number of hydrogen-bond donors (Lipinski definition) is 1. The smallest absolute Gasteiger partial charge is 0.246 e. The highest BCUT2D eigenvalue weighted by Crippen LogP contribution is 2.24. The van der Waals surface area contributed by atoms with Crippen LogP contribution in [0.4, 0.5) is 0 Å². The maximum Gasteiger partial charge on any atom is 0.246 e. The molecule has 3 aromatic rings. The lowest BCUT2D eigenvalue weighted by atomic mass is 10.2. The van der Waals surface area contributed by atoms with Crippen molar-refractivity contribution in [3.8, 4) is 11.3 Å². The Morgan fingerprint density at radius 2 is 2.14 bits per heavy atom. The van der Waals surface area contributed by atoms with E-state index in [-0.39, 0.29) is 18.2 Å². The number of carbonyl (C=O) groups is 2. The van der Waals surface area contributed by atoms with E-state index in [2.05, 4.69) is 15.5 Å². The summed E-state index contributed by atoms with van der Waals surface area (Å²) in [6.07, 6.45) is 2.98. The number of hydrogen-bond acceptors (Lipinski definition) is 6. The predicted octanol–water partition coefficient (Wildman–Crippen LogP) is 2.98. The van der Waals surface area contributed by atoms with Gasteiger partial charge in [0.05, 0.1) is 17.9 Å². The number of carbonyl (C=O) groups excluding carboxylic acids is 2. The van der Waals surface area contributed by atoms with Gasteiger partial charge in [0.25, 0.3) is 0 Å². The number of thioether (sulfide) groups is 1. The molecule has 1 fully saturated rings. The van der Waals surface area contributed by atoms with Crippen LogP contribution in [0.2, 0.25) is 0 Å². The second-order valence-corrected chi connectivity index (χ2v) is 8.09. The Kier molecular flexibility index (Phi) is 5.45. The van der Waals surface area contributed by atoms with Crippen LogP contribution in [0.1, 0.15) is 19.0 Å². The first-order valence-electron chi connectivity index (χ1n) is 8.96. The molecule has 2 amide bonds. The molecule has 0 bridgehead atoms. The summed E-state index contributed by atoms with van der Waals surface area (Å²) in [6.45, 7) is 2.62. The molecule has 144 valence electrons. The van der Waals surface area contributed by atoms with Crippen molar-refractivity contribution in [1.29, 1.82) is 0 Å². The quantitative estimate of drug-likeness (QED) is 0.630.